The van der Waals surface area contributed by atoms with Gasteiger partial charge in [0.15, 0.2) is 0 Å². The molecule has 1 atom stereocenters. The van der Waals surface area contributed by atoms with Crippen LogP contribution >= 0.6 is 0 Å². The molecule has 0 aromatic heterocycles. The average molecular weight is 258 g/mol. The molecule has 0 fully saturated rings. The maximum absolute atomic E-state index is 5.73. The van der Waals surface area contributed by atoms with Gasteiger partial charge >= 0.3 is 0 Å². The second kappa shape index (κ2) is 6.23. The SMILES string of the molecule is CC(C)(C)C#CCC(NN)C(C)(C)c1ccccc1. The van der Waals surface area contributed by atoms with E-state index in [2.05, 4.69) is 76.2 Å². The van der Waals surface area contributed by atoms with Gasteiger partial charge < -0.3 is 0 Å². The summed E-state index contributed by atoms with van der Waals surface area (Å²) >= 11 is 0. The van der Waals surface area contributed by atoms with Crippen LogP contribution < -0.4 is 11.3 Å². The van der Waals surface area contributed by atoms with Crippen LogP contribution in [0.3, 0.4) is 0 Å². The minimum absolute atomic E-state index is 0.0377. The summed E-state index contributed by atoms with van der Waals surface area (Å²) in [5, 5.41) is 0. The molecule has 2 nitrogen and oxygen atoms in total. The van der Waals surface area contributed by atoms with E-state index in [1.807, 2.05) is 6.07 Å². The van der Waals surface area contributed by atoms with E-state index < -0.39 is 0 Å². The van der Waals surface area contributed by atoms with E-state index in [-0.39, 0.29) is 16.9 Å². The highest BCUT2D eigenvalue weighted by Gasteiger charge is 2.29. The molecule has 3 N–H and O–H groups in total. The van der Waals surface area contributed by atoms with Crippen molar-refractivity contribution in [2.24, 2.45) is 11.3 Å². The number of rotatable bonds is 4. The Balaban J connectivity index is 2.87. The van der Waals surface area contributed by atoms with Gasteiger partial charge in [0.25, 0.3) is 0 Å². The first-order valence-electron chi connectivity index (χ1n) is 6.79. The molecule has 0 radical (unpaired) electrons. The van der Waals surface area contributed by atoms with Crippen molar-refractivity contribution in [2.45, 2.75) is 52.5 Å². The lowest BCUT2D eigenvalue weighted by atomic mass is 9.76. The normalized spacial score (nSPS) is 13.6. The molecule has 0 heterocycles. The number of hydrogen-bond donors (Lipinski definition) is 2. The lowest BCUT2D eigenvalue weighted by molar-refractivity contribution is 0.349. The molecule has 1 unspecified atom stereocenters. The lowest BCUT2D eigenvalue weighted by Crippen LogP contribution is -2.48. The highest BCUT2D eigenvalue weighted by atomic mass is 15.2. The van der Waals surface area contributed by atoms with Gasteiger partial charge in [-0.1, -0.05) is 50.1 Å². The minimum atomic E-state index is -0.0530. The quantitative estimate of drug-likeness (QED) is 0.494. The molecule has 0 bridgehead atoms. The zero-order valence-electron chi connectivity index (χ0n) is 12.7. The summed E-state index contributed by atoms with van der Waals surface area (Å²) in [5.41, 5.74) is 4.18. The highest BCUT2D eigenvalue weighted by molar-refractivity contribution is 5.26. The van der Waals surface area contributed by atoms with Crippen LogP contribution in [-0.2, 0) is 5.41 Å². The predicted molar refractivity (Wildman–Crippen MR) is 82.4 cm³/mol. The van der Waals surface area contributed by atoms with Crippen molar-refractivity contribution in [3.8, 4) is 11.8 Å². The zero-order valence-corrected chi connectivity index (χ0v) is 12.7. The van der Waals surface area contributed by atoms with Gasteiger partial charge in [-0.25, -0.2) is 0 Å². The molecular formula is C17H26N2. The van der Waals surface area contributed by atoms with Gasteiger partial charge in [0.1, 0.15) is 0 Å². The summed E-state index contributed by atoms with van der Waals surface area (Å²) in [6, 6.07) is 10.6. The van der Waals surface area contributed by atoms with Crippen LogP contribution in [-0.4, -0.2) is 6.04 Å². The van der Waals surface area contributed by atoms with Crippen molar-refractivity contribution in [2.75, 3.05) is 0 Å². The van der Waals surface area contributed by atoms with Gasteiger partial charge in [-0.15, -0.1) is 5.92 Å². The molecule has 0 spiro atoms. The largest absolute Gasteiger partial charge is 0.271 e. The van der Waals surface area contributed by atoms with Gasteiger partial charge in [0.05, 0.1) is 0 Å². The molecule has 19 heavy (non-hydrogen) atoms. The third-order valence-corrected chi connectivity index (χ3v) is 3.36. The highest BCUT2D eigenvalue weighted by Crippen LogP contribution is 2.28. The third kappa shape index (κ3) is 4.70. The molecule has 0 aliphatic rings. The molecule has 0 aliphatic carbocycles. The first kappa shape index (κ1) is 15.8. The van der Waals surface area contributed by atoms with Gasteiger partial charge in [0.2, 0.25) is 0 Å². The summed E-state index contributed by atoms with van der Waals surface area (Å²) in [5.74, 6) is 12.3. The molecule has 1 aromatic carbocycles. The molecule has 0 amide bonds. The second-order valence-electron chi connectivity index (χ2n) is 6.56. The first-order chi connectivity index (χ1) is 8.77. The summed E-state index contributed by atoms with van der Waals surface area (Å²) in [7, 11) is 0. The van der Waals surface area contributed by atoms with Gasteiger partial charge in [-0.2, -0.15) is 0 Å². The fraction of sp³-hybridized carbons (Fsp3) is 0.529. The van der Waals surface area contributed by atoms with E-state index in [0.29, 0.717) is 0 Å². The Labute approximate surface area is 117 Å². The van der Waals surface area contributed by atoms with Crippen LogP contribution in [0.25, 0.3) is 0 Å². The predicted octanol–water partition coefficient (Wildman–Crippen LogP) is 3.24. The van der Waals surface area contributed by atoms with E-state index in [1.54, 1.807) is 0 Å². The van der Waals surface area contributed by atoms with E-state index in [9.17, 15) is 0 Å². The summed E-state index contributed by atoms with van der Waals surface area (Å²) in [6.07, 6.45) is 0.746. The molecule has 1 aromatic rings. The summed E-state index contributed by atoms with van der Waals surface area (Å²) in [6.45, 7) is 10.8. The van der Waals surface area contributed by atoms with E-state index >= 15 is 0 Å². The summed E-state index contributed by atoms with van der Waals surface area (Å²) < 4.78 is 0. The minimum Gasteiger partial charge on any atom is -0.271 e. The number of nitrogens with two attached hydrogens (primary N) is 1. The molecule has 0 aliphatic heterocycles. The zero-order chi connectivity index (χ0) is 14.5. The molecular weight excluding hydrogens is 232 g/mol. The van der Waals surface area contributed by atoms with Crippen molar-refractivity contribution in [3.05, 3.63) is 35.9 Å². The fourth-order valence-electron chi connectivity index (χ4n) is 2.01. The number of hydrazine groups is 1. The van der Waals surface area contributed by atoms with E-state index in [1.165, 1.54) is 5.56 Å². The van der Waals surface area contributed by atoms with Crippen LogP contribution in [0.4, 0.5) is 0 Å². The van der Waals surface area contributed by atoms with Gasteiger partial charge in [-0.05, 0) is 26.3 Å². The van der Waals surface area contributed by atoms with Crippen molar-refractivity contribution < 1.29 is 0 Å². The molecule has 104 valence electrons. The third-order valence-electron chi connectivity index (χ3n) is 3.36. The standard InChI is InChI=1S/C17H26N2/c1-16(2,3)13-9-12-15(19-18)17(4,5)14-10-7-6-8-11-14/h6-8,10-11,15,19H,12,18H2,1-5H3. The number of benzene rings is 1. The van der Waals surface area contributed by atoms with Crippen molar-refractivity contribution in [1.82, 2.24) is 5.43 Å². The number of nitrogens with one attached hydrogen (secondary N) is 1. The van der Waals surface area contributed by atoms with Gasteiger partial charge in [-0.3, -0.25) is 11.3 Å². The van der Waals surface area contributed by atoms with Crippen LogP contribution in [0.15, 0.2) is 30.3 Å². The Morgan fingerprint density at radius 1 is 1.11 bits per heavy atom. The van der Waals surface area contributed by atoms with Crippen LogP contribution in [0, 0.1) is 17.3 Å². The Kier molecular flexibility index (Phi) is 5.17. The molecule has 0 saturated heterocycles. The molecule has 2 heteroatoms. The van der Waals surface area contributed by atoms with Crippen LogP contribution in [0.1, 0.15) is 46.6 Å². The van der Waals surface area contributed by atoms with Crippen LogP contribution in [0.5, 0.6) is 0 Å². The summed E-state index contributed by atoms with van der Waals surface area (Å²) in [4.78, 5) is 0. The Bertz CT molecular complexity index is 444. The Hall–Kier alpha value is -1.30. The van der Waals surface area contributed by atoms with E-state index in [0.717, 1.165) is 6.42 Å². The van der Waals surface area contributed by atoms with Gasteiger partial charge in [0, 0.05) is 23.3 Å². The number of hydrogen-bond acceptors (Lipinski definition) is 2. The smallest absolute Gasteiger partial charge is 0.0411 e. The van der Waals surface area contributed by atoms with Crippen LogP contribution in [0.2, 0.25) is 0 Å². The monoisotopic (exact) mass is 258 g/mol. The maximum atomic E-state index is 5.73. The Morgan fingerprint density at radius 2 is 1.68 bits per heavy atom. The van der Waals surface area contributed by atoms with Crippen molar-refractivity contribution in [3.63, 3.8) is 0 Å². The molecule has 0 saturated carbocycles. The lowest BCUT2D eigenvalue weighted by Gasteiger charge is -2.33. The first-order valence-corrected chi connectivity index (χ1v) is 6.79. The van der Waals surface area contributed by atoms with Crippen molar-refractivity contribution >= 4 is 0 Å². The Morgan fingerprint density at radius 3 is 2.16 bits per heavy atom. The fourth-order valence-corrected chi connectivity index (χ4v) is 2.01. The topological polar surface area (TPSA) is 38.0 Å². The van der Waals surface area contributed by atoms with E-state index in [4.69, 9.17) is 5.84 Å². The second-order valence-corrected chi connectivity index (χ2v) is 6.56. The maximum Gasteiger partial charge on any atom is 0.0411 e. The average Bonchev–Trinajstić information content (AvgIpc) is 2.34. The van der Waals surface area contributed by atoms with Crippen molar-refractivity contribution in [1.29, 1.82) is 0 Å². The molecule has 1 rings (SSSR count).